The van der Waals surface area contributed by atoms with E-state index in [2.05, 4.69) is 5.32 Å². The Morgan fingerprint density at radius 2 is 1.66 bits per heavy atom. The van der Waals surface area contributed by atoms with Crippen LogP contribution in [0.1, 0.15) is 56.7 Å². The first-order chi connectivity index (χ1) is 16.4. The molecule has 1 N–H and O–H groups in total. The van der Waals surface area contributed by atoms with Gasteiger partial charge in [-0.05, 0) is 69.4 Å². The molecule has 0 aliphatic carbocycles. The van der Waals surface area contributed by atoms with Crippen LogP contribution in [0.25, 0.3) is 0 Å². The van der Waals surface area contributed by atoms with Gasteiger partial charge in [-0.15, -0.1) is 0 Å². The maximum Gasteiger partial charge on any atom is 0.242 e. The van der Waals surface area contributed by atoms with Crippen LogP contribution in [0, 0.1) is 13.8 Å². The molecule has 0 heterocycles. The van der Waals surface area contributed by atoms with E-state index >= 15 is 0 Å². The van der Waals surface area contributed by atoms with Crippen LogP contribution in [0.15, 0.2) is 48.5 Å². The maximum atomic E-state index is 13.3. The van der Waals surface area contributed by atoms with Crippen LogP contribution >= 0.6 is 0 Å². The van der Waals surface area contributed by atoms with Gasteiger partial charge in [0.2, 0.25) is 21.8 Å². The van der Waals surface area contributed by atoms with Gasteiger partial charge in [0.15, 0.2) is 0 Å². The van der Waals surface area contributed by atoms with Gasteiger partial charge in [0.05, 0.1) is 11.9 Å². The summed E-state index contributed by atoms with van der Waals surface area (Å²) in [5.41, 5.74) is 3.60. The highest BCUT2D eigenvalue weighted by atomic mass is 32.2. The second-order valence-electron chi connectivity index (χ2n) is 9.21. The average molecular weight is 502 g/mol. The number of rotatable bonds is 12. The standard InChI is InChI=1S/C27H39N3O4S/c1-7-22(4)28-27(32)23(5)29(19-24-12-9-8-10-13-24)26(31)14-11-17-30(35(6,33)34)25-16-15-20(2)21(3)18-25/h8-10,12-13,15-16,18,22-23H,7,11,14,17,19H2,1-6H3,(H,28,32)/t22-,23-/m0/s1. The molecule has 0 aromatic heterocycles. The lowest BCUT2D eigenvalue weighted by atomic mass is 10.1. The first kappa shape index (κ1) is 28.4. The van der Waals surface area contributed by atoms with Crippen molar-refractivity contribution in [1.82, 2.24) is 10.2 Å². The predicted molar refractivity (Wildman–Crippen MR) is 142 cm³/mol. The number of anilines is 1. The number of amides is 2. The van der Waals surface area contributed by atoms with E-state index in [1.807, 2.05) is 70.2 Å². The smallest absolute Gasteiger partial charge is 0.242 e. The van der Waals surface area contributed by atoms with Crippen LogP contribution < -0.4 is 9.62 Å². The van der Waals surface area contributed by atoms with Crippen LogP contribution in [0.3, 0.4) is 0 Å². The second kappa shape index (κ2) is 12.7. The number of sulfonamides is 1. The molecule has 2 rings (SSSR count). The molecule has 0 fully saturated rings. The Bertz CT molecular complexity index is 1100. The number of nitrogens with one attached hydrogen (secondary N) is 1. The Kier molecular flexibility index (Phi) is 10.3. The van der Waals surface area contributed by atoms with Gasteiger partial charge >= 0.3 is 0 Å². The Hall–Kier alpha value is -2.87. The summed E-state index contributed by atoms with van der Waals surface area (Å²) >= 11 is 0. The van der Waals surface area contributed by atoms with Crippen LogP contribution in [-0.2, 0) is 26.2 Å². The first-order valence-electron chi connectivity index (χ1n) is 12.1. The molecule has 0 aliphatic rings. The molecule has 0 aliphatic heterocycles. The predicted octanol–water partition coefficient (Wildman–Crippen LogP) is 4.18. The highest BCUT2D eigenvalue weighted by Gasteiger charge is 2.27. The SMILES string of the molecule is CC[C@H](C)NC(=O)[C@H](C)N(Cc1ccccc1)C(=O)CCCN(c1ccc(C)c(C)c1)S(C)(=O)=O. The molecule has 192 valence electrons. The topological polar surface area (TPSA) is 86.8 Å². The lowest BCUT2D eigenvalue weighted by Gasteiger charge is -2.30. The first-order valence-corrected chi connectivity index (χ1v) is 14.0. The average Bonchev–Trinajstić information content (AvgIpc) is 2.81. The molecule has 35 heavy (non-hydrogen) atoms. The van der Waals surface area contributed by atoms with E-state index in [-0.39, 0.29) is 30.8 Å². The number of carbonyl (C=O) groups excluding carboxylic acids is 2. The maximum absolute atomic E-state index is 13.3. The summed E-state index contributed by atoms with van der Waals surface area (Å²) in [6, 6.07) is 14.4. The third-order valence-electron chi connectivity index (χ3n) is 6.29. The minimum absolute atomic E-state index is 0.0138. The summed E-state index contributed by atoms with van der Waals surface area (Å²) in [6.07, 6.45) is 2.44. The van der Waals surface area contributed by atoms with Gasteiger partial charge in [-0.25, -0.2) is 8.42 Å². The summed E-state index contributed by atoms with van der Waals surface area (Å²) in [5.74, 6) is -0.384. The van der Waals surface area contributed by atoms with Crippen LogP contribution in [0.4, 0.5) is 5.69 Å². The lowest BCUT2D eigenvalue weighted by molar-refractivity contribution is -0.140. The number of carbonyl (C=O) groups is 2. The van der Waals surface area contributed by atoms with Gasteiger partial charge in [0.25, 0.3) is 0 Å². The molecule has 0 saturated heterocycles. The summed E-state index contributed by atoms with van der Waals surface area (Å²) in [5, 5.41) is 2.96. The molecule has 0 bridgehead atoms. The van der Waals surface area contributed by atoms with Crippen molar-refractivity contribution in [2.45, 2.75) is 72.5 Å². The van der Waals surface area contributed by atoms with Crippen molar-refractivity contribution in [3.8, 4) is 0 Å². The highest BCUT2D eigenvalue weighted by molar-refractivity contribution is 7.92. The molecule has 2 amide bonds. The Labute approximate surface area is 210 Å². The number of benzene rings is 2. The van der Waals surface area contributed by atoms with E-state index in [9.17, 15) is 18.0 Å². The van der Waals surface area contributed by atoms with Gasteiger partial charge in [-0.2, -0.15) is 0 Å². The van der Waals surface area contributed by atoms with Crippen LogP contribution in [0.2, 0.25) is 0 Å². The third-order valence-corrected chi connectivity index (χ3v) is 7.49. The van der Waals surface area contributed by atoms with Gasteiger partial charge in [-0.1, -0.05) is 43.3 Å². The van der Waals surface area contributed by atoms with E-state index in [1.54, 1.807) is 17.9 Å². The quantitative estimate of drug-likeness (QED) is 0.473. The monoisotopic (exact) mass is 501 g/mol. The Morgan fingerprint density at radius 1 is 1.00 bits per heavy atom. The zero-order valence-corrected chi connectivity index (χ0v) is 22.6. The number of aryl methyl sites for hydroxylation is 2. The fourth-order valence-electron chi connectivity index (χ4n) is 3.71. The fourth-order valence-corrected chi connectivity index (χ4v) is 4.67. The number of hydrogen-bond donors (Lipinski definition) is 1. The zero-order chi connectivity index (χ0) is 26.2. The lowest BCUT2D eigenvalue weighted by Crippen LogP contribution is -2.49. The molecular weight excluding hydrogens is 462 g/mol. The van der Waals surface area contributed by atoms with Gasteiger partial charge in [0, 0.05) is 25.6 Å². The van der Waals surface area contributed by atoms with E-state index in [0.29, 0.717) is 18.7 Å². The van der Waals surface area contributed by atoms with Crippen molar-refractivity contribution in [3.63, 3.8) is 0 Å². The molecule has 0 unspecified atom stereocenters. The second-order valence-corrected chi connectivity index (χ2v) is 11.1. The van der Waals surface area contributed by atoms with Crippen molar-refractivity contribution < 1.29 is 18.0 Å². The minimum Gasteiger partial charge on any atom is -0.352 e. The summed E-state index contributed by atoms with van der Waals surface area (Å²) in [6.45, 7) is 10.1. The highest BCUT2D eigenvalue weighted by Crippen LogP contribution is 2.22. The van der Waals surface area contributed by atoms with Crippen molar-refractivity contribution in [1.29, 1.82) is 0 Å². The van der Waals surface area contributed by atoms with E-state index in [0.717, 1.165) is 23.1 Å². The van der Waals surface area contributed by atoms with Crippen LogP contribution in [0.5, 0.6) is 0 Å². The van der Waals surface area contributed by atoms with Crippen LogP contribution in [-0.4, -0.2) is 50.0 Å². The molecule has 2 atom stereocenters. The molecule has 7 nitrogen and oxygen atoms in total. The summed E-state index contributed by atoms with van der Waals surface area (Å²) < 4.78 is 26.3. The normalized spacial score (nSPS) is 13.1. The van der Waals surface area contributed by atoms with E-state index in [1.165, 1.54) is 10.6 Å². The molecule has 0 spiro atoms. The molecule has 0 saturated carbocycles. The Balaban J connectivity index is 2.16. The van der Waals surface area contributed by atoms with E-state index < -0.39 is 16.1 Å². The third kappa shape index (κ3) is 8.38. The summed E-state index contributed by atoms with van der Waals surface area (Å²) in [4.78, 5) is 27.7. The summed E-state index contributed by atoms with van der Waals surface area (Å²) in [7, 11) is -3.52. The molecule has 2 aromatic rings. The van der Waals surface area contributed by atoms with E-state index in [4.69, 9.17) is 0 Å². The Morgan fingerprint density at radius 3 is 2.23 bits per heavy atom. The van der Waals surface area contributed by atoms with Gasteiger partial charge in [0.1, 0.15) is 6.04 Å². The molecule has 8 heteroatoms. The molecular formula is C27H39N3O4S. The van der Waals surface area contributed by atoms with Crippen molar-refractivity contribution in [2.75, 3.05) is 17.1 Å². The van der Waals surface area contributed by atoms with Crippen molar-refractivity contribution >= 4 is 27.5 Å². The van der Waals surface area contributed by atoms with Crippen molar-refractivity contribution in [2.24, 2.45) is 0 Å². The number of nitrogens with zero attached hydrogens (tertiary/aromatic N) is 2. The minimum atomic E-state index is -3.52. The number of hydrogen-bond acceptors (Lipinski definition) is 4. The zero-order valence-electron chi connectivity index (χ0n) is 21.7. The largest absolute Gasteiger partial charge is 0.352 e. The fraction of sp³-hybridized carbons (Fsp3) is 0.481. The van der Waals surface area contributed by atoms with Gasteiger partial charge < -0.3 is 10.2 Å². The van der Waals surface area contributed by atoms with Gasteiger partial charge in [-0.3, -0.25) is 13.9 Å². The molecule has 2 aromatic carbocycles. The molecule has 0 radical (unpaired) electrons. The van der Waals surface area contributed by atoms with Crippen molar-refractivity contribution in [3.05, 3.63) is 65.2 Å².